The first-order chi connectivity index (χ1) is 14.9. The molecular weight excluding hydrogens is 412 g/mol. The van der Waals surface area contributed by atoms with Gasteiger partial charge in [-0.15, -0.1) is 4.83 Å². The van der Waals surface area contributed by atoms with E-state index in [-0.39, 0.29) is 16.8 Å². The second kappa shape index (κ2) is 9.54. The molecule has 0 atom stereocenters. The summed E-state index contributed by atoms with van der Waals surface area (Å²) in [6.07, 6.45) is 3.76. The molecule has 2 amide bonds. The minimum absolute atomic E-state index is 0.168. The fraction of sp³-hybridized carbons (Fsp3) is 0.522. The van der Waals surface area contributed by atoms with E-state index in [1.165, 1.54) is 5.01 Å². The molecule has 2 aliphatic rings. The molecule has 4 rings (SSSR count). The van der Waals surface area contributed by atoms with Crippen LogP contribution in [-0.2, 0) is 10.0 Å². The molecule has 2 aromatic rings. The monoisotopic (exact) mass is 444 g/mol. The zero-order valence-electron chi connectivity index (χ0n) is 18.1. The summed E-state index contributed by atoms with van der Waals surface area (Å²) < 4.78 is 26.5. The lowest BCUT2D eigenvalue weighted by molar-refractivity contribution is 0.115. The molecule has 0 radical (unpaired) electrons. The molecule has 2 N–H and O–H groups in total. The molecule has 2 saturated heterocycles. The van der Waals surface area contributed by atoms with Crippen LogP contribution in [0.1, 0.15) is 32.6 Å². The fourth-order valence-corrected chi connectivity index (χ4v) is 5.46. The van der Waals surface area contributed by atoms with E-state index in [2.05, 4.69) is 17.1 Å². The van der Waals surface area contributed by atoms with E-state index < -0.39 is 10.0 Å². The van der Waals surface area contributed by atoms with E-state index >= 15 is 0 Å². The molecule has 168 valence electrons. The number of nitrogens with one attached hydrogen (secondary N) is 2. The van der Waals surface area contributed by atoms with Gasteiger partial charge in [-0.05, 0) is 73.5 Å². The highest BCUT2D eigenvalue weighted by atomic mass is 32.2. The molecule has 0 unspecified atom stereocenters. The van der Waals surface area contributed by atoms with Crippen LogP contribution in [0, 0.1) is 11.8 Å². The van der Waals surface area contributed by atoms with Gasteiger partial charge in [0.2, 0.25) is 0 Å². The highest BCUT2D eigenvalue weighted by molar-refractivity contribution is 7.89. The van der Waals surface area contributed by atoms with E-state index in [0.29, 0.717) is 25.6 Å². The Morgan fingerprint density at radius 1 is 1.06 bits per heavy atom. The Hall–Kier alpha value is -2.16. The smallest absolute Gasteiger partial charge is 0.323 e. The van der Waals surface area contributed by atoms with E-state index in [4.69, 9.17) is 0 Å². The van der Waals surface area contributed by atoms with Crippen LogP contribution in [0.25, 0.3) is 10.8 Å². The summed E-state index contributed by atoms with van der Waals surface area (Å²) in [7, 11) is -3.88. The lowest BCUT2D eigenvalue weighted by atomic mass is 9.98. The summed E-state index contributed by atoms with van der Waals surface area (Å²) in [5.74, 6) is 0.865. The van der Waals surface area contributed by atoms with E-state index in [1.54, 1.807) is 23.1 Å². The second-order valence-corrected chi connectivity index (χ2v) is 10.5. The SMILES string of the molecule is CC1CCN(C(=O)N(CC2CCNCC2)NS(=O)(=O)c2ccc3ccccc3c2)CC1. The van der Waals surface area contributed by atoms with Crippen molar-refractivity contribution >= 4 is 26.8 Å². The van der Waals surface area contributed by atoms with Crippen molar-refractivity contribution < 1.29 is 13.2 Å². The van der Waals surface area contributed by atoms with Gasteiger partial charge in [0, 0.05) is 19.6 Å². The van der Waals surface area contributed by atoms with Gasteiger partial charge in [-0.2, -0.15) is 0 Å². The molecule has 2 aliphatic heterocycles. The molecule has 2 fully saturated rings. The summed E-state index contributed by atoms with van der Waals surface area (Å²) in [4.78, 5) is 17.9. The highest BCUT2D eigenvalue weighted by Crippen LogP contribution is 2.22. The maximum absolute atomic E-state index is 13.3. The number of hydrazine groups is 1. The molecule has 8 heteroatoms. The molecule has 0 aromatic heterocycles. The van der Waals surface area contributed by atoms with Crippen LogP contribution in [0.15, 0.2) is 47.4 Å². The quantitative estimate of drug-likeness (QED) is 0.694. The molecular formula is C23H32N4O3S. The van der Waals surface area contributed by atoms with Crippen LogP contribution in [0.3, 0.4) is 0 Å². The van der Waals surface area contributed by atoms with Crippen molar-refractivity contribution in [3.63, 3.8) is 0 Å². The summed E-state index contributed by atoms with van der Waals surface area (Å²) in [6.45, 7) is 5.70. The van der Waals surface area contributed by atoms with Gasteiger partial charge in [-0.1, -0.05) is 37.3 Å². The number of hydrogen-bond acceptors (Lipinski definition) is 4. The summed E-state index contributed by atoms with van der Waals surface area (Å²) in [5, 5.41) is 6.50. The first-order valence-corrected chi connectivity index (χ1v) is 12.7. The second-order valence-electron chi connectivity index (χ2n) is 8.86. The minimum Gasteiger partial charge on any atom is -0.323 e. The first kappa shape index (κ1) is 22.0. The summed E-state index contributed by atoms with van der Waals surface area (Å²) in [5.41, 5.74) is 0. The van der Waals surface area contributed by atoms with Crippen molar-refractivity contribution in [2.75, 3.05) is 32.7 Å². The van der Waals surface area contributed by atoms with Gasteiger partial charge < -0.3 is 10.2 Å². The Kier molecular flexibility index (Phi) is 6.79. The van der Waals surface area contributed by atoms with Crippen molar-refractivity contribution in [2.45, 2.75) is 37.5 Å². The first-order valence-electron chi connectivity index (χ1n) is 11.2. The third-order valence-corrected chi connectivity index (χ3v) is 7.78. The van der Waals surface area contributed by atoms with Crippen LogP contribution in [-0.4, -0.2) is 57.1 Å². The predicted octanol–water partition coefficient (Wildman–Crippen LogP) is 3.19. The lowest BCUT2D eigenvalue weighted by Gasteiger charge is -2.36. The number of carbonyl (C=O) groups is 1. The van der Waals surface area contributed by atoms with Crippen molar-refractivity contribution in [2.24, 2.45) is 11.8 Å². The van der Waals surface area contributed by atoms with Gasteiger partial charge in [-0.3, -0.25) is 0 Å². The van der Waals surface area contributed by atoms with Crippen molar-refractivity contribution in [3.8, 4) is 0 Å². The fourth-order valence-electron chi connectivity index (χ4n) is 4.38. The molecule has 0 aliphatic carbocycles. The molecule has 2 heterocycles. The number of rotatable bonds is 5. The Morgan fingerprint density at radius 2 is 1.74 bits per heavy atom. The third-order valence-electron chi connectivity index (χ3n) is 6.45. The van der Waals surface area contributed by atoms with Gasteiger partial charge >= 0.3 is 6.03 Å². The number of hydrogen-bond donors (Lipinski definition) is 2. The molecule has 2 aromatic carbocycles. The maximum atomic E-state index is 13.3. The van der Waals surface area contributed by atoms with Gasteiger partial charge in [0.1, 0.15) is 0 Å². The van der Waals surface area contributed by atoms with E-state index in [1.807, 2.05) is 24.3 Å². The van der Waals surface area contributed by atoms with Crippen molar-refractivity contribution in [1.82, 2.24) is 20.1 Å². The van der Waals surface area contributed by atoms with Crippen LogP contribution < -0.4 is 10.1 Å². The topological polar surface area (TPSA) is 81.8 Å². The predicted molar refractivity (Wildman–Crippen MR) is 122 cm³/mol. The Morgan fingerprint density at radius 3 is 2.45 bits per heavy atom. The summed E-state index contributed by atoms with van der Waals surface area (Å²) in [6, 6.07) is 12.5. The number of urea groups is 1. The van der Waals surface area contributed by atoms with Crippen molar-refractivity contribution in [3.05, 3.63) is 42.5 Å². The average Bonchev–Trinajstić information content (AvgIpc) is 2.79. The van der Waals surface area contributed by atoms with Gasteiger partial charge in [0.05, 0.1) is 4.90 Å². The van der Waals surface area contributed by atoms with Crippen LogP contribution in [0.2, 0.25) is 0 Å². The van der Waals surface area contributed by atoms with Crippen LogP contribution in [0.4, 0.5) is 4.79 Å². The molecule has 7 nitrogen and oxygen atoms in total. The standard InChI is InChI=1S/C23H32N4O3S/c1-18-10-14-26(15-11-18)23(28)27(17-19-8-12-24-13-9-19)25-31(29,30)22-7-6-20-4-2-3-5-21(20)16-22/h2-7,16,18-19,24-25H,8-15,17H2,1H3. The van der Waals surface area contributed by atoms with Gasteiger partial charge in [0.15, 0.2) is 0 Å². The molecule has 0 saturated carbocycles. The van der Waals surface area contributed by atoms with Crippen molar-refractivity contribution in [1.29, 1.82) is 0 Å². The summed E-state index contributed by atoms with van der Waals surface area (Å²) >= 11 is 0. The number of likely N-dealkylation sites (tertiary alicyclic amines) is 1. The van der Waals surface area contributed by atoms with Crippen LogP contribution in [0.5, 0.6) is 0 Å². The zero-order chi connectivity index (χ0) is 21.8. The number of amides is 2. The highest BCUT2D eigenvalue weighted by Gasteiger charge is 2.30. The number of benzene rings is 2. The molecule has 0 spiro atoms. The largest absolute Gasteiger partial charge is 0.335 e. The lowest BCUT2D eigenvalue weighted by Crippen LogP contribution is -2.55. The molecule has 31 heavy (non-hydrogen) atoms. The average molecular weight is 445 g/mol. The zero-order valence-corrected chi connectivity index (χ0v) is 18.9. The Balaban J connectivity index is 1.56. The number of sulfonamides is 1. The van der Waals surface area contributed by atoms with E-state index in [9.17, 15) is 13.2 Å². The van der Waals surface area contributed by atoms with Gasteiger partial charge in [0.25, 0.3) is 10.0 Å². The molecule has 0 bridgehead atoms. The third kappa shape index (κ3) is 5.37. The number of fused-ring (bicyclic) bond motifs is 1. The number of piperidine rings is 2. The maximum Gasteiger partial charge on any atom is 0.335 e. The number of carbonyl (C=O) groups excluding carboxylic acids is 1. The van der Waals surface area contributed by atoms with E-state index in [0.717, 1.165) is 49.5 Å². The van der Waals surface area contributed by atoms with Crippen LogP contribution >= 0.6 is 0 Å². The normalized spacial score (nSPS) is 18.9. The minimum atomic E-state index is -3.88. The van der Waals surface area contributed by atoms with Gasteiger partial charge in [-0.25, -0.2) is 18.2 Å². The number of nitrogens with zero attached hydrogens (tertiary/aromatic N) is 2. The Labute approximate surface area is 184 Å². The Bertz CT molecular complexity index is 1010.